The van der Waals surface area contributed by atoms with E-state index >= 15 is 0 Å². The van der Waals surface area contributed by atoms with Gasteiger partial charge in [0.25, 0.3) is 0 Å². The molecular weight excluding hydrogens is 370 g/mol. The van der Waals surface area contributed by atoms with Crippen LogP contribution in [0.2, 0.25) is 0 Å². The number of allylic oxidation sites excluding steroid dienone is 1. The normalized spacial score (nSPS) is 10.3. The van der Waals surface area contributed by atoms with Gasteiger partial charge in [-0.3, -0.25) is 4.79 Å². The van der Waals surface area contributed by atoms with E-state index in [0.29, 0.717) is 35.1 Å². The first-order chi connectivity index (χ1) is 13.9. The molecule has 146 valence electrons. The summed E-state index contributed by atoms with van der Waals surface area (Å²) in [6.45, 7) is 5.39. The van der Waals surface area contributed by atoms with Gasteiger partial charge in [0.05, 0.1) is 0 Å². The molecule has 0 bridgehead atoms. The smallest absolute Gasteiger partial charge is 0.224 e. The van der Waals surface area contributed by atoms with Gasteiger partial charge in [-0.05, 0) is 35.9 Å². The van der Waals surface area contributed by atoms with Gasteiger partial charge in [0.1, 0.15) is 31.6 Å². The van der Waals surface area contributed by atoms with Crippen molar-refractivity contribution in [3.05, 3.63) is 78.5 Å². The summed E-state index contributed by atoms with van der Waals surface area (Å²) >= 11 is 0. The summed E-state index contributed by atoms with van der Waals surface area (Å²) in [5.41, 5.74) is 3.00. The van der Waals surface area contributed by atoms with E-state index in [1.807, 2.05) is 26.0 Å². The number of amides is 1. The third-order valence-corrected chi connectivity index (χ3v) is 4.09. The van der Waals surface area contributed by atoms with Crippen LogP contribution in [0.25, 0.3) is 0 Å². The van der Waals surface area contributed by atoms with Crippen molar-refractivity contribution < 1.29 is 13.9 Å². The Labute approximate surface area is 169 Å². The van der Waals surface area contributed by atoms with E-state index in [1.165, 1.54) is 25.4 Å². The topological polar surface area (TPSA) is 76.1 Å². The molecule has 0 saturated carbocycles. The fourth-order valence-corrected chi connectivity index (χ4v) is 2.72. The van der Waals surface area contributed by atoms with Crippen molar-refractivity contribution in [1.82, 2.24) is 9.97 Å². The number of rotatable bonds is 7. The molecule has 1 heterocycles. The average Bonchev–Trinajstić information content (AvgIpc) is 2.66. The summed E-state index contributed by atoms with van der Waals surface area (Å²) in [5.74, 6) is 0.777. The van der Waals surface area contributed by atoms with Crippen molar-refractivity contribution in [3.63, 3.8) is 0 Å². The van der Waals surface area contributed by atoms with Gasteiger partial charge in [-0.25, -0.2) is 14.4 Å². The highest BCUT2D eigenvalue weighted by Gasteiger charge is 2.08. The van der Waals surface area contributed by atoms with Crippen LogP contribution >= 0.6 is 0 Å². The molecule has 0 aliphatic rings. The molecule has 0 radical (unpaired) electrons. The minimum absolute atomic E-state index is 0.226. The molecule has 8 heteroatoms. The molecule has 29 heavy (non-hydrogen) atoms. The highest BCUT2D eigenvalue weighted by Crippen LogP contribution is 2.23. The lowest BCUT2D eigenvalue weighted by Gasteiger charge is -2.13. The SMILES string of the molecule is Bc1cccc(F)c1CC(=C)Nc1ccc(Oc2cc(NC(C)=O)ncn2)cc1. The van der Waals surface area contributed by atoms with Gasteiger partial charge in [0, 0.05) is 30.8 Å². The minimum Gasteiger partial charge on any atom is -0.439 e. The third-order valence-electron chi connectivity index (χ3n) is 4.09. The second-order valence-corrected chi connectivity index (χ2v) is 6.49. The number of hydrogen-bond acceptors (Lipinski definition) is 5. The summed E-state index contributed by atoms with van der Waals surface area (Å²) in [4.78, 5) is 19.1. The van der Waals surface area contributed by atoms with E-state index < -0.39 is 0 Å². The summed E-state index contributed by atoms with van der Waals surface area (Å²) in [6.07, 6.45) is 1.70. The van der Waals surface area contributed by atoms with Gasteiger partial charge in [0.15, 0.2) is 0 Å². The van der Waals surface area contributed by atoms with Crippen molar-refractivity contribution >= 4 is 30.7 Å². The zero-order chi connectivity index (χ0) is 20.8. The van der Waals surface area contributed by atoms with Crippen LogP contribution in [0, 0.1) is 5.82 Å². The fraction of sp³-hybridized carbons (Fsp3) is 0.0952. The molecule has 2 aromatic carbocycles. The lowest BCUT2D eigenvalue weighted by molar-refractivity contribution is -0.114. The Morgan fingerprint density at radius 1 is 1.17 bits per heavy atom. The van der Waals surface area contributed by atoms with Crippen LogP contribution in [0.4, 0.5) is 15.9 Å². The monoisotopic (exact) mass is 390 g/mol. The Bertz CT molecular complexity index is 1020. The molecule has 2 N–H and O–H groups in total. The number of hydrogen-bond donors (Lipinski definition) is 2. The molecule has 0 aliphatic carbocycles. The lowest BCUT2D eigenvalue weighted by atomic mass is 9.88. The first-order valence-electron chi connectivity index (χ1n) is 8.97. The summed E-state index contributed by atoms with van der Waals surface area (Å²) in [6, 6.07) is 13.7. The zero-order valence-corrected chi connectivity index (χ0v) is 16.2. The summed E-state index contributed by atoms with van der Waals surface area (Å²) < 4.78 is 19.7. The van der Waals surface area contributed by atoms with Crippen molar-refractivity contribution in [2.45, 2.75) is 13.3 Å². The molecule has 0 atom stereocenters. The van der Waals surface area contributed by atoms with E-state index in [1.54, 1.807) is 18.2 Å². The Kier molecular flexibility index (Phi) is 6.24. The van der Waals surface area contributed by atoms with E-state index in [0.717, 1.165) is 11.2 Å². The molecule has 0 saturated heterocycles. The number of aromatic nitrogens is 2. The third kappa shape index (κ3) is 5.65. The van der Waals surface area contributed by atoms with E-state index in [4.69, 9.17) is 4.74 Å². The maximum atomic E-state index is 14.0. The molecule has 0 fully saturated rings. The fourth-order valence-electron chi connectivity index (χ4n) is 2.72. The van der Waals surface area contributed by atoms with Gasteiger partial charge in [-0.15, -0.1) is 0 Å². The molecule has 6 nitrogen and oxygen atoms in total. The summed E-state index contributed by atoms with van der Waals surface area (Å²) in [5, 5.41) is 5.75. The average molecular weight is 390 g/mol. The zero-order valence-electron chi connectivity index (χ0n) is 16.2. The molecular formula is C21H20BFN4O2. The maximum absolute atomic E-state index is 14.0. The van der Waals surface area contributed by atoms with Gasteiger partial charge < -0.3 is 15.4 Å². The van der Waals surface area contributed by atoms with Crippen LogP contribution in [0.15, 0.2) is 67.1 Å². The van der Waals surface area contributed by atoms with E-state index in [-0.39, 0.29) is 11.7 Å². The Balaban J connectivity index is 1.61. The van der Waals surface area contributed by atoms with Crippen LogP contribution in [0.3, 0.4) is 0 Å². The standard InChI is InChI=1S/C21H20BFN4O2/c1-13(10-17-18(22)4-3-5-19(17)23)26-15-6-8-16(9-7-15)29-21-11-20(24-12-25-21)27-14(2)28/h3-9,11-12,26H,1,10,22H2,2H3,(H,24,25,27,28). The number of nitrogens with one attached hydrogen (secondary N) is 2. The number of halogens is 1. The maximum Gasteiger partial charge on any atom is 0.224 e. The second kappa shape index (κ2) is 9.01. The number of benzene rings is 2. The van der Waals surface area contributed by atoms with Crippen molar-refractivity contribution in [3.8, 4) is 11.6 Å². The minimum atomic E-state index is -0.236. The molecule has 3 aromatic rings. The van der Waals surface area contributed by atoms with Crippen molar-refractivity contribution in [1.29, 1.82) is 0 Å². The molecule has 0 aliphatic heterocycles. The molecule has 0 unspecified atom stereocenters. The first kappa shape index (κ1) is 20.1. The highest BCUT2D eigenvalue weighted by molar-refractivity contribution is 6.33. The van der Waals surface area contributed by atoms with Crippen LogP contribution in [-0.2, 0) is 11.2 Å². The number of carbonyl (C=O) groups excluding carboxylic acids is 1. The molecule has 3 rings (SSSR count). The van der Waals surface area contributed by atoms with Gasteiger partial charge in [-0.1, -0.05) is 24.2 Å². The number of ether oxygens (including phenoxy) is 1. The Morgan fingerprint density at radius 3 is 2.62 bits per heavy atom. The van der Waals surface area contributed by atoms with Gasteiger partial charge >= 0.3 is 0 Å². The van der Waals surface area contributed by atoms with Crippen LogP contribution in [-0.4, -0.2) is 23.7 Å². The summed E-state index contributed by atoms with van der Waals surface area (Å²) in [7, 11) is 1.88. The molecule has 1 aromatic heterocycles. The quantitative estimate of drug-likeness (QED) is 0.607. The predicted octanol–water partition coefficient (Wildman–Crippen LogP) is 2.79. The van der Waals surface area contributed by atoms with Crippen LogP contribution in [0.5, 0.6) is 11.6 Å². The van der Waals surface area contributed by atoms with Crippen LogP contribution < -0.4 is 20.8 Å². The van der Waals surface area contributed by atoms with Crippen molar-refractivity contribution in [2.24, 2.45) is 0 Å². The Morgan fingerprint density at radius 2 is 1.93 bits per heavy atom. The molecule has 1 amide bonds. The number of nitrogens with zero attached hydrogens (tertiary/aromatic N) is 2. The number of anilines is 2. The van der Waals surface area contributed by atoms with E-state index in [2.05, 4.69) is 27.2 Å². The highest BCUT2D eigenvalue weighted by atomic mass is 19.1. The lowest BCUT2D eigenvalue weighted by Crippen LogP contribution is -2.15. The second-order valence-electron chi connectivity index (χ2n) is 6.49. The van der Waals surface area contributed by atoms with Gasteiger partial charge in [-0.2, -0.15) is 0 Å². The number of carbonyl (C=O) groups is 1. The van der Waals surface area contributed by atoms with Crippen LogP contribution in [0.1, 0.15) is 12.5 Å². The van der Waals surface area contributed by atoms with E-state index in [9.17, 15) is 9.18 Å². The largest absolute Gasteiger partial charge is 0.439 e. The Hall–Kier alpha value is -3.68. The molecule has 0 spiro atoms. The van der Waals surface area contributed by atoms with Crippen molar-refractivity contribution in [2.75, 3.05) is 10.6 Å². The van der Waals surface area contributed by atoms with Gasteiger partial charge in [0.2, 0.25) is 11.8 Å². The first-order valence-corrected chi connectivity index (χ1v) is 8.97. The predicted molar refractivity (Wildman–Crippen MR) is 114 cm³/mol.